The summed E-state index contributed by atoms with van der Waals surface area (Å²) in [7, 11) is 1.28. The summed E-state index contributed by atoms with van der Waals surface area (Å²) in [5.41, 5.74) is 3.52. The van der Waals surface area contributed by atoms with E-state index in [2.05, 4.69) is 36.5 Å². The minimum Gasteiger partial charge on any atom is -0.481 e. The van der Waals surface area contributed by atoms with Gasteiger partial charge in [-0.3, -0.25) is 9.59 Å². The van der Waals surface area contributed by atoms with Crippen molar-refractivity contribution in [3.05, 3.63) is 63.1 Å². The summed E-state index contributed by atoms with van der Waals surface area (Å²) < 4.78 is 10.5. The maximum atomic E-state index is 12.6. The van der Waals surface area contributed by atoms with E-state index in [0.717, 1.165) is 0 Å². The molecule has 0 aromatic heterocycles. The van der Waals surface area contributed by atoms with E-state index in [1.807, 2.05) is 13.8 Å². The fourth-order valence-corrected chi connectivity index (χ4v) is 3.15. The van der Waals surface area contributed by atoms with E-state index < -0.39 is 17.9 Å². The van der Waals surface area contributed by atoms with Gasteiger partial charge in [0, 0.05) is 10.6 Å². The second-order valence-corrected chi connectivity index (χ2v) is 8.28. The van der Waals surface area contributed by atoms with Gasteiger partial charge in [-0.2, -0.15) is 5.10 Å². The molecule has 2 aromatic carbocycles. The number of hydrogen-bond donors (Lipinski definition) is 2. The summed E-state index contributed by atoms with van der Waals surface area (Å²) in [6, 6.07) is 10.7. The van der Waals surface area contributed by atoms with Gasteiger partial charge in [-0.05, 0) is 69.9 Å². The molecular formula is C22H23BrClN3O5. The number of esters is 1. The summed E-state index contributed by atoms with van der Waals surface area (Å²) >= 11 is 9.20. The molecule has 0 bridgehead atoms. The first-order valence-electron chi connectivity index (χ1n) is 9.59. The zero-order valence-corrected chi connectivity index (χ0v) is 20.1. The van der Waals surface area contributed by atoms with Gasteiger partial charge in [-0.1, -0.05) is 25.4 Å². The van der Waals surface area contributed by atoms with Crippen molar-refractivity contribution in [2.24, 2.45) is 11.0 Å². The highest BCUT2D eigenvalue weighted by atomic mass is 79.9. The first-order valence-corrected chi connectivity index (χ1v) is 10.8. The number of nitrogens with zero attached hydrogens (tertiary/aromatic N) is 1. The number of nitrogens with one attached hydrogen (secondary N) is 2. The molecule has 8 nitrogen and oxygen atoms in total. The Morgan fingerprint density at radius 1 is 1.16 bits per heavy atom. The van der Waals surface area contributed by atoms with Crippen molar-refractivity contribution >= 4 is 51.5 Å². The number of benzene rings is 2. The van der Waals surface area contributed by atoms with Crippen molar-refractivity contribution in [2.75, 3.05) is 13.7 Å². The van der Waals surface area contributed by atoms with Crippen molar-refractivity contribution in [3.8, 4) is 5.75 Å². The average Bonchev–Trinajstić information content (AvgIpc) is 2.76. The molecule has 1 unspecified atom stereocenters. The summed E-state index contributed by atoms with van der Waals surface area (Å²) in [5, 5.41) is 7.20. The second kappa shape index (κ2) is 12.2. The zero-order valence-electron chi connectivity index (χ0n) is 17.7. The van der Waals surface area contributed by atoms with Gasteiger partial charge in [0.25, 0.3) is 11.8 Å². The van der Waals surface area contributed by atoms with Gasteiger partial charge in [-0.25, -0.2) is 10.2 Å². The van der Waals surface area contributed by atoms with Gasteiger partial charge < -0.3 is 14.8 Å². The predicted octanol–water partition coefficient (Wildman–Crippen LogP) is 3.56. The molecule has 2 amide bonds. The molecule has 0 aliphatic heterocycles. The Balaban J connectivity index is 1.97. The summed E-state index contributed by atoms with van der Waals surface area (Å²) in [4.78, 5) is 36.2. The highest BCUT2D eigenvalue weighted by Gasteiger charge is 2.24. The Bertz CT molecular complexity index is 996. The third-order valence-electron chi connectivity index (χ3n) is 4.26. The average molecular weight is 525 g/mol. The quantitative estimate of drug-likeness (QED) is 0.296. The van der Waals surface area contributed by atoms with Gasteiger partial charge in [0.1, 0.15) is 11.8 Å². The van der Waals surface area contributed by atoms with Crippen molar-refractivity contribution in [3.63, 3.8) is 0 Å². The normalized spacial score (nSPS) is 11.8. The van der Waals surface area contributed by atoms with Crippen LogP contribution in [0.3, 0.4) is 0 Å². The van der Waals surface area contributed by atoms with E-state index in [0.29, 0.717) is 26.4 Å². The van der Waals surface area contributed by atoms with Crippen molar-refractivity contribution in [1.29, 1.82) is 0 Å². The topological polar surface area (TPSA) is 106 Å². The largest absolute Gasteiger partial charge is 0.481 e. The van der Waals surface area contributed by atoms with Gasteiger partial charge in [-0.15, -0.1) is 0 Å². The van der Waals surface area contributed by atoms with Crippen LogP contribution in [-0.2, 0) is 14.3 Å². The highest BCUT2D eigenvalue weighted by molar-refractivity contribution is 9.10. The molecule has 0 aliphatic carbocycles. The maximum absolute atomic E-state index is 12.6. The Kier molecular flexibility index (Phi) is 9.67. The number of hydrazone groups is 1. The first-order chi connectivity index (χ1) is 15.2. The molecule has 2 aromatic rings. The highest BCUT2D eigenvalue weighted by Crippen LogP contribution is 2.25. The molecule has 0 radical (unpaired) electrons. The number of rotatable bonds is 9. The van der Waals surface area contributed by atoms with E-state index >= 15 is 0 Å². The Labute approximate surface area is 199 Å². The number of carbonyl (C=O) groups is 3. The van der Waals surface area contributed by atoms with E-state index in [1.54, 1.807) is 42.5 Å². The van der Waals surface area contributed by atoms with Crippen LogP contribution in [0.1, 0.15) is 29.8 Å². The third-order valence-corrected chi connectivity index (χ3v) is 5.13. The van der Waals surface area contributed by atoms with Crippen LogP contribution in [0, 0.1) is 5.92 Å². The molecular weight excluding hydrogens is 502 g/mol. The van der Waals surface area contributed by atoms with Crippen LogP contribution in [0.15, 0.2) is 52.0 Å². The summed E-state index contributed by atoms with van der Waals surface area (Å²) in [6.07, 6.45) is 1.45. The van der Waals surface area contributed by atoms with Crippen molar-refractivity contribution in [1.82, 2.24) is 10.7 Å². The number of halogens is 2. The fraction of sp³-hybridized carbons (Fsp3) is 0.273. The summed E-state index contributed by atoms with van der Waals surface area (Å²) in [6.45, 7) is 3.43. The SMILES string of the molecule is COC(=O)COc1ccc(C=NNC(=O)C(NC(=O)c2ccc(Cl)cc2)C(C)C)cc1Br. The van der Waals surface area contributed by atoms with Gasteiger partial charge in [0.05, 0.1) is 17.8 Å². The number of amides is 2. The lowest BCUT2D eigenvalue weighted by Gasteiger charge is -2.20. The molecule has 2 N–H and O–H groups in total. The molecule has 32 heavy (non-hydrogen) atoms. The standard InChI is InChI=1S/C22H23BrClN3O5/c1-13(2)20(26-21(29)15-5-7-16(24)8-6-15)22(30)27-25-11-14-4-9-18(17(23)10-14)32-12-19(28)31-3/h4-11,13,20H,12H2,1-3H3,(H,26,29)(H,27,30). The van der Waals surface area contributed by atoms with E-state index in [1.165, 1.54) is 13.3 Å². The molecule has 2 rings (SSSR count). The van der Waals surface area contributed by atoms with Crippen LogP contribution in [0.2, 0.25) is 5.02 Å². The zero-order chi connectivity index (χ0) is 23.7. The first kappa shape index (κ1) is 25.4. The number of methoxy groups -OCH3 is 1. The lowest BCUT2D eigenvalue weighted by molar-refractivity contribution is -0.142. The number of carbonyl (C=O) groups excluding carboxylic acids is 3. The molecule has 0 saturated carbocycles. The Morgan fingerprint density at radius 3 is 2.44 bits per heavy atom. The van der Waals surface area contributed by atoms with E-state index in [-0.39, 0.29) is 18.4 Å². The second-order valence-electron chi connectivity index (χ2n) is 6.99. The number of hydrogen-bond acceptors (Lipinski definition) is 6. The lowest BCUT2D eigenvalue weighted by Crippen LogP contribution is -2.48. The van der Waals surface area contributed by atoms with Gasteiger partial charge in [0.2, 0.25) is 0 Å². The summed E-state index contributed by atoms with van der Waals surface area (Å²) in [5.74, 6) is -1.03. The third kappa shape index (κ3) is 7.65. The molecule has 0 fully saturated rings. The molecule has 0 spiro atoms. The minimum atomic E-state index is -0.781. The predicted molar refractivity (Wildman–Crippen MR) is 125 cm³/mol. The van der Waals surface area contributed by atoms with E-state index in [4.69, 9.17) is 16.3 Å². The molecule has 1 atom stereocenters. The molecule has 10 heteroatoms. The van der Waals surface area contributed by atoms with E-state index in [9.17, 15) is 14.4 Å². The van der Waals surface area contributed by atoms with Gasteiger partial charge in [0.15, 0.2) is 6.61 Å². The van der Waals surface area contributed by atoms with Crippen LogP contribution in [0.4, 0.5) is 0 Å². The molecule has 0 heterocycles. The molecule has 0 saturated heterocycles. The Hall–Kier alpha value is -2.91. The van der Waals surface area contributed by atoms with Crippen molar-refractivity contribution in [2.45, 2.75) is 19.9 Å². The van der Waals surface area contributed by atoms with Crippen molar-refractivity contribution < 1.29 is 23.9 Å². The van der Waals surface area contributed by atoms with Crippen LogP contribution in [0.25, 0.3) is 0 Å². The van der Waals surface area contributed by atoms with Crippen LogP contribution in [-0.4, -0.2) is 43.8 Å². The monoisotopic (exact) mass is 523 g/mol. The Morgan fingerprint density at radius 2 is 1.84 bits per heavy atom. The molecule has 170 valence electrons. The smallest absolute Gasteiger partial charge is 0.343 e. The minimum absolute atomic E-state index is 0.165. The van der Waals surface area contributed by atoms with Crippen LogP contribution < -0.4 is 15.5 Å². The fourth-order valence-electron chi connectivity index (χ4n) is 2.51. The maximum Gasteiger partial charge on any atom is 0.343 e. The lowest BCUT2D eigenvalue weighted by atomic mass is 10.0. The van der Waals surface area contributed by atoms with Crippen LogP contribution >= 0.6 is 27.5 Å². The van der Waals surface area contributed by atoms with Gasteiger partial charge >= 0.3 is 5.97 Å². The molecule has 0 aliphatic rings. The van der Waals surface area contributed by atoms with Crippen LogP contribution in [0.5, 0.6) is 5.75 Å². The number of ether oxygens (including phenoxy) is 2.